The molecule has 0 fully saturated rings. The van der Waals surface area contributed by atoms with Crippen LogP contribution in [-0.4, -0.2) is 4.89 Å². The molecule has 4 heteroatoms. The summed E-state index contributed by atoms with van der Waals surface area (Å²) in [6.07, 6.45) is 3.41. The molecule has 0 heterocycles. The topological polar surface area (TPSA) is 46.5 Å². The number of hydrogen-bond donors (Lipinski definition) is 1. The van der Waals surface area contributed by atoms with E-state index in [0.29, 0.717) is 5.75 Å². The molecule has 1 rings (SSSR count). The second kappa shape index (κ2) is 5.78. The molecule has 0 bridgehead atoms. The zero-order valence-electron chi connectivity index (χ0n) is 9.56. The number of hydrogen-bond acceptors (Lipinski definition) is 2. The van der Waals surface area contributed by atoms with Crippen LogP contribution < -0.4 is 4.52 Å². The molecule has 0 aromatic heterocycles. The van der Waals surface area contributed by atoms with E-state index in [4.69, 9.17) is 9.42 Å². The summed E-state index contributed by atoms with van der Waals surface area (Å²) in [4.78, 5) is 8.78. The quantitative estimate of drug-likeness (QED) is 0.800. The third kappa shape index (κ3) is 2.69. The van der Waals surface area contributed by atoms with Crippen LogP contribution in [0, 0.1) is 0 Å². The third-order valence-corrected chi connectivity index (χ3v) is 2.88. The predicted molar refractivity (Wildman–Crippen MR) is 65.7 cm³/mol. The van der Waals surface area contributed by atoms with Crippen LogP contribution in [0.5, 0.6) is 5.75 Å². The third-order valence-electron chi connectivity index (χ3n) is 2.53. The summed E-state index contributed by atoms with van der Waals surface area (Å²) in [7, 11) is -2.61. The van der Waals surface area contributed by atoms with Crippen molar-refractivity contribution in [3.63, 3.8) is 0 Å². The van der Waals surface area contributed by atoms with Gasteiger partial charge in [-0.1, -0.05) is 32.6 Å². The maximum atomic E-state index is 10.7. The molecular formula is C12H16O3P+. The Morgan fingerprint density at radius 1 is 1.38 bits per heavy atom. The maximum Gasteiger partial charge on any atom is 0.747 e. The van der Waals surface area contributed by atoms with Gasteiger partial charge in [0.15, 0.2) is 5.75 Å². The highest BCUT2D eigenvalue weighted by Gasteiger charge is 2.19. The summed E-state index contributed by atoms with van der Waals surface area (Å²) >= 11 is 0. The molecule has 0 saturated carbocycles. The molecule has 0 aliphatic rings. The standard InChI is InChI=1S/C12H15O3P/c1-4-9-7-8-12(15-16(13)14)11(6-3)10(9)5-2/h4,7-8H,1,5-6H2,2-3H3/p+1. The van der Waals surface area contributed by atoms with E-state index < -0.39 is 8.25 Å². The van der Waals surface area contributed by atoms with Gasteiger partial charge in [-0.3, -0.25) is 0 Å². The fourth-order valence-electron chi connectivity index (χ4n) is 1.86. The van der Waals surface area contributed by atoms with Crippen molar-refractivity contribution in [2.45, 2.75) is 26.7 Å². The van der Waals surface area contributed by atoms with E-state index >= 15 is 0 Å². The molecule has 1 aromatic rings. The lowest BCUT2D eigenvalue weighted by Crippen LogP contribution is -1.98. The Labute approximate surface area is 96.7 Å². The Kier molecular flexibility index (Phi) is 4.66. The Morgan fingerprint density at radius 3 is 2.44 bits per heavy atom. The molecule has 0 aliphatic heterocycles. The second-order valence-electron chi connectivity index (χ2n) is 3.35. The second-order valence-corrected chi connectivity index (χ2v) is 4.01. The first-order chi connectivity index (χ1) is 7.63. The lowest BCUT2D eigenvalue weighted by Gasteiger charge is -2.11. The summed E-state index contributed by atoms with van der Waals surface area (Å²) in [5, 5.41) is 0. The molecule has 0 saturated heterocycles. The van der Waals surface area contributed by atoms with E-state index in [-0.39, 0.29) is 0 Å². The predicted octanol–water partition coefficient (Wildman–Crippen LogP) is 3.48. The largest absolute Gasteiger partial charge is 0.747 e. The summed E-state index contributed by atoms with van der Waals surface area (Å²) in [6.45, 7) is 7.80. The van der Waals surface area contributed by atoms with Crippen molar-refractivity contribution >= 4 is 14.3 Å². The van der Waals surface area contributed by atoms with Crippen molar-refractivity contribution in [3.8, 4) is 5.75 Å². The molecule has 1 aromatic carbocycles. The minimum Gasteiger partial charge on any atom is -0.229 e. The van der Waals surface area contributed by atoms with Crippen LogP contribution in [0.4, 0.5) is 0 Å². The molecule has 0 spiro atoms. The van der Waals surface area contributed by atoms with Gasteiger partial charge in [-0.25, -0.2) is 4.52 Å². The Bertz CT molecular complexity index is 413. The van der Waals surface area contributed by atoms with Gasteiger partial charge in [0, 0.05) is 10.1 Å². The first-order valence-corrected chi connectivity index (χ1v) is 6.38. The van der Waals surface area contributed by atoms with Gasteiger partial charge in [0.05, 0.1) is 0 Å². The first kappa shape index (κ1) is 12.9. The molecule has 0 radical (unpaired) electrons. The van der Waals surface area contributed by atoms with Crippen molar-refractivity contribution in [1.29, 1.82) is 0 Å². The van der Waals surface area contributed by atoms with Crippen molar-refractivity contribution < 1.29 is 14.0 Å². The number of benzene rings is 1. The van der Waals surface area contributed by atoms with Gasteiger partial charge in [-0.15, -0.1) is 4.89 Å². The average molecular weight is 239 g/mol. The highest BCUT2D eigenvalue weighted by atomic mass is 31.1. The van der Waals surface area contributed by atoms with E-state index in [1.54, 1.807) is 12.1 Å². The van der Waals surface area contributed by atoms with Crippen LogP contribution in [0.25, 0.3) is 6.08 Å². The van der Waals surface area contributed by atoms with Crippen molar-refractivity contribution in [2.24, 2.45) is 0 Å². The molecular weight excluding hydrogens is 223 g/mol. The van der Waals surface area contributed by atoms with Crippen molar-refractivity contribution in [2.75, 3.05) is 0 Å². The van der Waals surface area contributed by atoms with Gasteiger partial charge in [0.1, 0.15) is 0 Å². The van der Waals surface area contributed by atoms with Gasteiger partial charge < -0.3 is 0 Å². The average Bonchev–Trinajstić information content (AvgIpc) is 2.27. The monoisotopic (exact) mass is 239 g/mol. The lowest BCUT2D eigenvalue weighted by molar-refractivity contribution is 0.408. The van der Waals surface area contributed by atoms with Crippen LogP contribution in [0.3, 0.4) is 0 Å². The van der Waals surface area contributed by atoms with Crippen LogP contribution in [0.2, 0.25) is 0 Å². The molecule has 0 aliphatic carbocycles. The maximum absolute atomic E-state index is 10.7. The van der Waals surface area contributed by atoms with Crippen LogP contribution in [0.15, 0.2) is 18.7 Å². The molecule has 0 amide bonds. The van der Waals surface area contributed by atoms with Gasteiger partial charge in [-0.05, 0) is 30.0 Å². The molecule has 16 heavy (non-hydrogen) atoms. The highest BCUT2D eigenvalue weighted by Crippen LogP contribution is 2.32. The van der Waals surface area contributed by atoms with E-state index in [0.717, 1.165) is 29.5 Å². The molecule has 1 atom stereocenters. The Balaban J connectivity index is 3.30. The van der Waals surface area contributed by atoms with Gasteiger partial charge in [0.25, 0.3) is 0 Å². The fraction of sp³-hybridized carbons (Fsp3) is 0.333. The van der Waals surface area contributed by atoms with Crippen molar-refractivity contribution in [1.82, 2.24) is 0 Å². The molecule has 3 nitrogen and oxygen atoms in total. The van der Waals surface area contributed by atoms with Crippen molar-refractivity contribution in [3.05, 3.63) is 35.4 Å². The fourth-order valence-corrected chi connectivity index (χ4v) is 2.19. The van der Waals surface area contributed by atoms with Gasteiger partial charge in [-0.2, -0.15) is 0 Å². The number of rotatable bonds is 5. The highest BCUT2D eigenvalue weighted by molar-refractivity contribution is 7.32. The van der Waals surface area contributed by atoms with Gasteiger partial charge >= 0.3 is 8.25 Å². The van der Waals surface area contributed by atoms with E-state index in [1.165, 1.54) is 0 Å². The minimum atomic E-state index is -2.61. The molecule has 1 unspecified atom stereocenters. The Hall–Kier alpha value is -1.18. The van der Waals surface area contributed by atoms with E-state index in [9.17, 15) is 4.57 Å². The van der Waals surface area contributed by atoms with E-state index in [1.807, 2.05) is 19.9 Å². The normalized spacial score (nSPS) is 11.1. The minimum absolute atomic E-state index is 0.494. The van der Waals surface area contributed by atoms with Crippen LogP contribution >= 0.6 is 8.25 Å². The molecule has 86 valence electrons. The summed E-state index contributed by atoms with van der Waals surface area (Å²) < 4.78 is 15.6. The van der Waals surface area contributed by atoms with Gasteiger partial charge in [0.2, 0.25) is 0 Å². The van der Waals surface area contributed by atoms with Crippen LogP contribution in [-0.2, 0) is 17.4 Å². The zero-order chi connectivity index (χ0) is 12.1. The molecule has 1 N–H and O–H groups in total. The smallest absolute Gasteiger partial charge is 0.229 e. The summed E-state index contributed by atoms with van der Waals surface area (Å²) in [5.74, 6) is 0.494. The van der Waals surface area contributed by atoms with E-state index in [2.05, 4.69) is 6.58 Å². The Morgan fingerprint density at radius 2 is 2.00 bits per heavy atom. The van der Waals surface area contributed by atoms with Crippen LogP contribution in [0.1, 0.15) is 30.5 Å². The summed E-state index contributed by atoms with van der Waals surface area (Å²) in [6, 6.07) is 3.58. The summed E-state index contributed by atoms with van der Waals surface area (Å²) in [5.41, 5.74) is 3.17. The SMILES string of the molecule is C=Cc1ccc(O[P+](=O)O)c(CC)c1CC. The first-order valence-electron chi connectivity index (χ1n) is 5.25. The lowest BCUT2D eigenvalue weighted by atomic mass is 9.96. The zero-order valence-corrected chi connectivity index (χ0v) is 10.5.